The van der Waals surface area contributed by atoms with Gasteiger partial charge in [0, 0.05) is 6.42 Å². The third-order valence-corrected chi connectivity index (χ3v) is 9.99. The summed E-state index contributed by atoms with van der Waals surface area (Å²) in [6.07, 6.45) is 9.76. The molecule has 2 rings (SSSR count). The van der Waals surface area contributed by atoms with Crippen molar-refractivity contribution >= 4 is 5.97 Å². The number of aliphatic hydroxyl groups is 8. The Morgan fingerprint density at radius 3 is 1.59 bits per heavy atom. The quantitative estimate of drug-likeness (QED) is 0.0391. The molecule has 0 aromatic carbocycles. The highest BCUT2D eigenvalue weighted by Gasteiger charge is 2.59. The first-order chi connectivity index (χ1) is 24.6. The minimum Gasteiger partial charge on any atom is -0.463 e. The predicted molar refractivity (Wildman–Crippen MR) is 187 cm³/mol. The van der Waals surface area contributed by atoms with Crippen LogP contribution in [0.4, 0.5) is 0 Å². The molecule has 10 atom stereocenters. The summed E-state index contributed by atoms with van der Waals surface area (Å²) in [5.41, 5.74) is 0. The van der Waals surface area contributed by atoms with Gasteiger partial charge in [0.2, 0.25) is 5.79 Å². The smallest absolute Gasteiger partial charge is 0.305 e. The fourth-order valence-electron chi connectivity index (χ4n) is 6.61. The molecule has 302 valence electrons. The van der Waals surface area contributed by atoms with Crippen LogP contribution in [0.3, 0.4) is 0 Å². The molecular weight excluding hydrogens is 668 g/mol. The van der Waals surface area contributed by atoms with Crippen LogP contribution in [0.25, 0.3) is 0 Å². The second-order valence-corrected chi connectivity index (χ2v) is 14.3. The van der Waals surface area contributed by atoms with Gasteiger partial charge in [0.15, 0.2) is 6.29 Å². The molecule has 14 nitrogen and oxygen atoms in total. The second kappa shape index (κ2) is 26.7. The Morgan fingerprint density at radius 1 is 0.647 bits per heavy atom. The normalized spacial score (nSPS) is 30.1. The van der Waals surface area contributed by atoms with E-state index < -0.39 is 93.3 Å². The molecule has 8 N–H and O–H groups in total. The lowest BCUT2D eigenvalue weighted by Gasteiger charge is -2.43. The molecule has 0 amide bonds. The van der Waals surface area contributed by atoms with Crippen LogP contribution in [0.15, 0.2) is 0 Å². The Bertz CT molecular complexity index is 880. The molecular formula is C37H70O14. The number of aliphatic hydroxyl groups excluding tert-OH is 8. The maximum atomic E-state index is 12.3. The standard InChI is InChI=1S/C37H70O14/c1-2-3-4-5-6-7-8-9-10-11-12-13-14-15-16-17-18-19-20-21-30(41)47-25-27(22-38)48-26-37(35(46)32(43)29(24-40)50-37)51-36-34(45)33(44)31(42)28(23-39)49-36/h27-29,31-36,38-40,42-46H,2-26H2,1H3/t27?,28-,29-,31-,32-,33+,34-,35+,36-,37+/m1/s1. The fraction of sp³-hybridized carbons (Fsp3) is 0.973. The molecule has 51 heavy (non-hydrogen) atoms. The van der Waals surface area contributed by atoms with Gasteiger partial charge in [-0.05, 0) is 6.42 Å². The van der Waals surface area contributed by atoms with E-state index in [-0.39, 0.29) is 13.0 Å². The average molecular weight is 739 g/mol. The zero-order valence-electron chi connectivity index (χ0n) is 30.9. The molecule has 0 spiro atoms. The summed E-state index contributed by atoms with van der Waals surface area (Å²) >= 11 is 0. The van der Waals surface area contributed by atoms with Crippen LogP contribution in [0.5, 0.6) is 0 Å². The number of esters is 1. The fourth-order valence-corrected chi connectivity index (χ4v) is 6.61. The van der Waals surface area contributed by atoms with E-state index >= 15 is 0 Å². The van der Waals surface area contributed by atoms with Crippen LogP contribution < -0.4 is 0 Å². The van der Waals surface area contributed by atoms with Crippen molar-refractivity contribution in [3.05, 3.63) is 0 Å². The van der Waals surface area contributed by atoms with E-state index in [1.165, 1.54) is 96.3 Å². The van der Waals surface area contributed by atoms with E-state index in [0.29, 0.717) is 6.42 Å². The number of carbonyl (C=O) groups excluding carboxylic acids is 1. The first kappa shape index (κ1) is 46.1. The maximum Gasteiger partial charge on any atom is 0.305 e. The van der Waals surface area contributed by atoms with E-state index in [9.17, 15) is 45.6 Å². The lowest BCUT2D eigenvalue weighted by Crippen LogP contribution is -2.63. The molecule has 0 saturated carbocycles. The SMILES string of the molecule is CCCCCCCCCCCCCCCCCCCCCC(=O)OCC(CO)OC[C@@]1(O[C@H]2O[C@H](CO)[C@@H](O)[C@H](O)[C@H]2O)O[C@H](CO)[C@@H](O)[C@@H]1O. The Morgan fingerprint density at radius 2 is 1.14 bits per heavy atom. The zero-order valence-corrected chi connectivity index (χ0v) is 30.9. The van der Waals surface area contributed by atoms with E-state index in [0.717, 1.165) is 19.3 Å². The molecule has 2 saturated heterocycles. The van der Waals surface area contributed by atoms with E-state index in [1.54, 1.807) is 0 Å². The lowest BCUT2D eigenvalue weighted by atomic mass is 9.99. The average Bonchev–Trinajstić information content (AvgIpc) is 3.37. The van der Waals surface area contributed by atoms with Crippen molar-refractivity contribution in [2.24, 2.45) is 0 Å². The zero-order chi connectivity index (χ0) is 37.5. The third kappa shape index (κ3) is 16.5. The van der Waals surface area contributed by atoms with Gasteiger partial charge in [-0.1, -0.05) is 122 Å². The van der Waals surface area contributed by atoms with Crippen LogP contribution in [0, 0.1) is 0 Å². The van der Waals surface area contributed by atoms with E-state index in [2.05, 4.69) is 6.92 Å². The van der Waals surface area contributed by atoms with Gasteiger partial charge in [0.25, 0.3) is 0 Å². The number of hydrogen-bond acceptors (Lipinski definition) is 14. The monoisotopic (exact) mass is 738 g/mol. The first-order valence-corrected chi connectivity index (χ1v) is 19.6. The molecule has 14 heteroatoms. The highest BCUT2D eigenvalue weighted by molar-refractivity contribution is 5.69. The Kier molecular flexibility index (Phi) is 24.2. The minimum absolute atomic E-state index is 0.216. The summed E-state index contributed by atoms with van der Waals surface area (Å²) in [5, 5.41) is 80.8. The third-order valence-electron chi connectivity index (χ3n) is 9.99. The highest BCUT2D eigenvalue weighted by atomic mass is 16.8. The lowest BCUT2D eigenvalue weighted by molar-refractivity contribution is -0.387. The Balaban J connectivity index is 1.60. The van der Waals surface area contributed by atoms with Gasteiger partial charge in [-0.15, -0.1) is 0 Å². The summed E-state index contributed by atoms with van der Waals surface area (Å²) in [4.78, 5) is 12.3. The number of unbranched alkanes of at least 4 members (excludes halogenated alkanes) is 18. The summed E-state index contributed by atoms with van der Waals surface area (Å²) in [7, 11) is 0. The molecule has 2 aliphatic rings. The van der Waals surface area contributed by atoms with Gasteiger partial charge in [-0.25, -0.2) is 0 Å². The van der Waals surface area contributed by atoms with Crippen molar-refractivity contribution in [1.29, 1.82) is 0 Å². The molecule has 0 aliphatic carbocycles. The van der Waals surface area contributed by atoms with Gasteiger partial charge in [0.05, 0.1) is 19.8 Å². The van der Waals surface area contributed by atoms with Crippen molar-refractivity contribution in [2.45, 2.75) is 196 Å². The van der Waals surface area contributed by atoms with Crippen molar-refractivity contribution in [2.75, 3.05) is 33.0 Å². The number of rotatable bonds is 30. The number of ether oxygens (including phenoxy) is 5. The van der Waals surface area contributed by atoms with Crippen molar-refractivity contribution in [3.63, 3.8) is 0 Å². The van der Waals surface area contributed by atoms with E-state index in [1.807, 2.05) is 0 Å². The maximum absolute atomic E-state index is 12.3. The largest absolute Gasteiger partial charge is 0.463 e. The minimum atomic E-state index is -2.29. The van der Waals surface area contributed by atoms with Crippen LogP contribution in [-0.2, 0) is 28.5 Å². The van der Waals surface area contributed by atoms with E-state index in [4.69, 9.17) is 23.7 Å². The van der Waals surface area contributed by atoms with Gasteiger partial charge >= 0.3 is 5.97 Å². The molecule has 2 fully saturated rings. The summed E-state index contributed by atoms with van der Waals surface area (Å²) in [5.74, 6) is -2.74. The Labute approximate surface area is 304 Å². The van der Waals surface area contributed by atoms with Gasteiger partial charge < -0.3 is 64.5 Å². The predicted octanol–water partition coefficient (Wildman–Crippen LogP) is 2.35. The molecule has 2 aliphatic heterocycles. The molecule has 0 aromatic heterocycles. The molecule has 0 radical (unpaired) electrons. The molecule has 1 unspecified atom stereocenters. The van der Waals surface area contributed by atoms with Crippen molar-refractivity contribution in [3.8, 4) is 0 Å². The Hall–Kier alpha value is -1.01. The highest BCUT2D eigenvalue weighted by Crippen LogP contribution is 2.37. The first-order valence-electron chi connectivity index (χ1n) is 19.6. The molecule has 0 bridgehead atoms. The second-order valence-electron chi connectivity index (χ2n) is 14.3. The van der Waals surface area contributed by atoms with Crippen LogP contribution >= 0.6 is 0 Å². The number of carbonyl (C=O) groups is 1. The summed E-state index contributed by atoms with van der Waals surface area (Å²) in [6, 6.07) is 0. The van der Waals surface area contributed by atoms with Crippen LogP contribution in [0.2, 0.25) is 0 Å². The van der Waals surface area contributed by atoms with Crippen molar-refractivity contribution in [1.82, 2.24) is 0 Å². The van der Waals surface area contributed by atoms with Crippen molar-refractivity contribution < 1.29 is 69.3 Å². The number of hydrogen-bond donors (Lipinski definition) is 8. The topological polar surface area (TPSA) is 225 Å². The molecule has 0 aromatic rings. The summed E-state index contributed by atoms with van der Waals surface area (Å²) < 4.78 is 27.5. The van der Waals surface area contributed by atoms with Crippen LogP contribution in [0.1, 0.15) is 135 Å². The van der Waals surface area contributed by atoms with Gasteiger partial charge in [-0.3, -0.25) is 4.79 Å². The van der Waals surface area contributed by atoms with Gasteiger partial charge in [0.1, 0.15) is 62.0 Å². The van der Waals surface area contributed by atoms with Crippen LogP contribution in [-0.4, -0.2) is 141 Å². The van der Waals surface area contributed by atoms with Gasteiger partial charge in [-0.2, -0.15) is 0 Å². The summed E-state index contributed by atoms with van der Waals surface area (Å²) in [6.45, 7) is -0.819. The molecule has 2 heterocycles.